The predicted octanol–water partition coefficient (Wildman–Crippen LogP) is 3.85. The first-order valence-corrected chi connectivity index (χ1v) is 11.1. The molecule has 1 heterocycles. The number of anilines is 1. The van der Waals surface area contributed by atoms with E-state index >= 15 is 0 Å². The van der Waals surface area contributed by atoms with Crippen molar-refractivity contribution in [3.63, 3.8) is 0 Å². The van der Waals surface area contributed by atoms with Gasteiger partial charge in [0.2, 0.25) is 11.8 Å². The summed E-state index contributed by atoms with van der Waals surface area (Å²) in [6, 6.07) is 13.7. The van der Waals surface area contributed by atoms with Gasteiger partial charge in [-0.3, -0.25) is 14.5 Å². The van der Waals surface area contributed by atoms with E-state index in [9.17, 15) is 14.4 Å². The van der Waals surface area contributed by atoms with Crippen LogP contribution in [0.1, 0.15) is 30.6 Å². The van der Waals surface area contributed by atoms with Crippen LogP contribution in [0.15, 0.2) is 53.5 Å². The lowest BCUT2D eigenvalue weighted by Gasteiger charge is -2.31. The molecule has 2 amide bonds. The molecule has 168 valence electrons. The monoisotopic (exact) mass is 455 g/mol. The van der Waals surface area contributed by atoms with E-state index in [0.717, 1.165) is 0 Å². The summed E-state index contributed by atoms with van der Waals surface area (Å²) in [5.41, 5.74) is 1.53. The molecular weight excluding hydrogens is 430 g/mol. The summed E-state index contributed by atoms with van der Waals surface area (Å²) in [6.45, 7) is 4.33. The highest BCUT2D eigenvalue weighted by atomic mass is 32.2. The van der Waals surface area contributed by atoms with E-state index in [4.69, 9.17) is 9.47 Å². The minimum atomic E-state index is -0.632. The first-order chi connectivity index (χ1) is 15.5. The molecule has 2 aromatic rings. The third kappa shape index (κ3) is 5.47. The second-order valence-corrected chi connectivity index (χ2v) is 7.97. The molecule has 3 rings (SSSR count). The number of hydrogen-bond donors (Lipinski definition) is 1. The first kappa shape index (κ1) is 23.3. The molecule has 1 atom stereocenters. The van der Waals surface area contributed by atoms with Crippen LogP contribution in [0.4, 0.5) is 11.4 Å². The van der Waals surface area contributed by atoms with Crippen molar-refractivity contribution in [3.8, 4) is 5.75 Å². The maximum Gasteiger partial charge on any atom is 0.338 e. The predicted molar refractivity (Wildman–Crippen MR) is 125 cm³/mol. The van der Waals surface area contributed by atoms with E-state index < -0.39 is 11.2 Å². The van der Waals surface area contributed by atoms with Crippen LogP contribution in [-0.4, -0.2) is 53.4 Å². The van der Waals surface area contributed by atoms with E-state index in [0.29, 0.717) is 41.0 Å². The maximum absolute atomic E-state index is 12.9. The Morgan fingerprint density at radius 3 is 2.53 bits per heavy atom. The molecule has 0 aliphatic carbocycles. The number of nitrogens with one attached hydrogen (secondary N) is 1. The van der Waals surface area contributed by atoms with Gasteiger partial charge >= 0.3 is 5.97 Å². The summed E-state index contributed by atoms with van der Waals surface area (Å²) < 4.78 is 10.3. The normalized spacial score (nSPS) is 17.2. The van der Waals surface area contributed by atoms with Crippen LogP contribution in [0, 0.1) is 0 Å². The molecule has 2 aromatic carbocycles. The molecule has 0 radical (unpaired) electrons. The molecule has 1 fully saturated rings. The Morgan fingerprint density at radius 2 is 1.88 bits per heavy atom. The van der Waals surface area contributed by atoms with Crippen LogP contribution < -0.4 is 10.1 Å². The van der Waals surface area contributed by atoms with Crippen LogP contribution in [0.3, 0.4) is 0 Å². The number of ether oxygens (including phenoxy) is 2. The van der Waals surface area contributed by atoms with Gasteiger partial charge in [-0.1, -0.05) is 23.9 Å². The lowest BCUT2D eigenvalue weighted by atomic mass is 10.2. The van der Waals surface area contributed by atoms with Gasteiger partial charge in [0.15, 0.2) is 5.17 Å². The van der Waals surface area contributed by atoms with Gasteiger partial charge in [0, 0.05) is 13.0 Å². The fraction of sp³-hybridized carbons (Fsp3) is 0.304. The highest BCUT2D eigenvalue weighted by molar-refractivity contribution is 8.15. The van der Waals surface area contributed by atoms with Crippen molar-refractivity contribution in [3.05, 3.63) is 54.1 Å². The van der Waals surface area contributed by atoms with Crippen LogP contribution in [0.25, 0.3) is 0 Å². The number of amidine groups is 1. The number of esters is 1. The van der Waals surface area contributed by atoms with E-state index in [-0.39, 0.29) is 18.2 Å². The fourth-order valence-corrected chi connectivity index (χ4v) is 4.27. The van der Waals surface area contributed by atoms with Gasteiger partial charge in [-0.25, -0.2) is 9.79 Å². The topological polar surface area (TPSA) is 97.3 Å². The average molecular weight is 456 g/mol. The minimum absolute atomic E-state index is 0.0697. The second-order valence-electron chi connectivity index (χ2n) is 6.80. The Hall–Kier alpha value is -3.33. The van der Waals surface area contributed by atoms with Crippen LogP contribution in [0.5, 0.6) is 5.75 Å². The first-order valence-electron chi connectivity index (χ1n) is 10.2. The standard InChI is InChI=1S/C23H25N3O5S/c1-4-26-20(27)14-19(21(28)25-17-8-6-7-9-18(17)30-3)32-23(26)24-16-12-10-15(11-13-16)22(29)31-5-2/h6-13,19H,4-5,14H2,1-3H3,(H,25,28)/t19-/m0/s1. The van der Waals surface area contributed by atoms with Crippen LogP contribution >= 0.6 is 11.8 Å². The molecule has 32 heavy (non-hydrogen) atoms. The number of nitrogens with zero attached hydrogens (tertiary/aromatic N) is 2. The highest BCUT2D eigenvalue weighted by Crippen LogP contribution is 2.31. The molecule has 9 heteroatoms. The van der Waals surface area contributed by atoms with Gasteiger partial charge in [0.1, 0.15) is 11.0 Å². The molecular formula is C23H25N3O5S. The summed E-state index contributed by atoms with van der Waals surface area (Å²) in [5, 5.41) is 2.65. The van der Waals surface area contributed by atoms with E-state index in [1.807, 2.05) is 13.0 Å². The Labute approximate surface area is 191 Å². The number of hydrogen-bond acceptors (Lipinski definition) is 7. The Bertz CT molecular complexity index is 1020. The molecule has 0 bridgehead atoms. The summed E-state index contributed by atoms with van der Waals surface area (Å²) in [5.74, 6) is -0.335. The van der Waals surface area contributed by atoms with Gasteiger partial charge in [0.25, 0.3) is 0 Å². The zero-order valence-electron chi connectivity index (χ0n) is 18.2. The Morgan fingerprint density at radius 1 is 1.16 bits per heavy atom. The number of amides is 2. The maximum atomic E-state index is 12.9. The minimum Gasteiger partial charge on any atom is -0.495 e. The zero-order valence-corrected chi connectivity index (χ0v) is 19.0. The lowest BCUT2D eigenvalue weighted by molar-refractivity contribution is -0.129. The number of benzene rings is 2. The van der Waals surface area contributed by atoms with E-state index in [1.54, 1.807) is 54.3 Å². The number of methoxy groups -OCH3 is 1. The summed E-state index contributed by atoms with van der Waals surface area (Å²) in [6.07, 6.45) is 0.0697. The van der Waals surface area contributed by atoms with E-state index in [1.165, 1.54) is 18.9 Å². The Balaban J connectivity index is 1.79. The van der Waals surface area contributed by atoms with Crippen LogP contribution in [0.2, 0.25) is 0 Å². The fourth-order valence-electron chi connectivity index (χ4n) is 3.11. The number of carbonyl (C=O) groups excluding carboxylic acids is 3. The van der Waals surface area contributed by atoms with Crippen molar-refractivity contribution in [2.45, 2.75) is 25.5 Å². The smallest absolute Gasteiger partial charge is 0.338 e. The zero-order chi connectivity index (χ0) is 23.1. The van der Waals surface area contributed by atoms with Crippen molar-refractivity contribution in [1.29, 1.82) is 0 Å². The number of rotatable bonds is 7. The van der Waals surface area contributed by atoms with Crippen molar-refractivity contribution >= 4 is 46.1 Å². The molecule has 1 N–H and O–H groups in total. The third-order valence-electron chi connectivity index (χ3n) is 4.72. The van der Waals surface area contributed by atoms with Crippen LogP contribution in [-0.2, 0) is 14.3 Å². The molecule has 8 nitrogen and oxygen atoms in total. The van der Waals surface area contributed by atoms with E-state index in [2.05, 4.69) is 10.3 Å². The van der Waals surface area contributed by atoms with Crippen molar-refractivity contribution in [2.24, 2.45) is 4.99 Å². The summed E-state index contributed by atoms with van der Waals surface area (Å²) in [4.78, 5) is 43.5. The lowest BCUT2D eigenvalue weighted by Crippen LogP contribution is -2.45. The van der Waals surface area contributed by atoms with Gasteiger partial charge in [-0.15, -0.1) is 0 Å². The molecule has 1 aliphatic rings. The summed E-state index contributed by atoms with van der Waals surface area (Å²) in [7, 11) is 1.53. The second kappa shape index (κ2) is 10.8. The number of aliphatic imine (C=N–C) groups is 1. The average Bonchev–Trinajstić information content (AvgIpc) is 2.80. The summed E-state index contributed by atoms with van der Waals surface area (Å²) >= 11 is 1.23. The highest BCUT2D eigenvalue weighted by Gasteiger charge is 2.35. The molecule has 0 spiro atoms. The third-order valence-corrected chi connectivity index (χ3v) is 5.90. The number of thioether (sulfide) groups is 1. The van der Waals surface area contributed by atoms with Crippen molar-refractivity contribution < 1.29 is 23.9 Å². The quantitative estimate of drug-likeness (QED) is 0.637. The molecule has 0 unspecified atom stereocenters. The number of para-hydroxylation sites is 2. The van der Waals surface area contributed by atoms with Crippen molar-refractivity contribution in [1.82, 2.24) is 4.90 Å². The molecule has 0 aromatic heterocycles. The van der Waals surface area contributed by atoms with Crippen molar-refractivity contribution in [2.75, 3.05) is 25.6 Å². The van der Waals surface area contributed by atoms with Gasteiger partial charge in [0.05, 0.1) is 30.7 Å². The SMILES string of the molecule is CCOC(=O)c1ccc(N=C2S[C@H](C(=O)Nc3ccccc3OC)CC(=O)N2CC)cc1. The van der Waals surface area contributed by atoms with Gasteiger partial charge in [-0.05, 0) is 50.2 Å². The molecule has 1 saturated heterocycles. The molecule has 1 aliphatic heterocycles. The molecule has 0 saturated carbocycles. The van der Waals surface area contributed by atoms with Gasteiger partial charge in [-0.2, -0.15) is 0 Å². The van der Waals surface area contributed by atoms with Gasteiger partial charge < -0.3 is 14.8 Å². The largest absolute Gasteiger partial charge is 0.495 e. The number of carbonyl (C=O) groups is 3. The Kier molecular flexibility index (Phi) is 7.88.